The van der Waals surface area contributed by atoms with Gasteiger partial charge in [0.2, 0.25) is 0 Å². The first-order chi connectivity index (χ1) is 4.75. The summed E-state index contributed by atoms with van der Waals surface area (Å²) in [5.74, 6) is -0.212. The molecule has 1 aromatic rings. The minimum absolute atomic E-state index is 0.212. The Hall–Kier alpha value is 0.160. The molecule has 0 aliphatic heterocycles. The van der Waals surface area contributed by atoms with Gasteiger partial charge < -0.3 is 0 Å². The molecule has 0 saturated carbocycles. The van der Waals surface area contributed by atoms with Crippen molar-refractivity contribution in [2.45, 2.75) is 5.03 Å². The van der Waals surface area contributed by atoms with Crippen molar-refractivity contribution in [3.05, 3.63) is 21.7 Å². The molecule has 0 aliphatic carbocycles. The number of thioether (sulfide) groups is 1. The van der Waals surface area contributed by atoms with Crippen molar-refractivity contribution in [1.82, 2.24) is 4.98 Å². The highest BCUT2D eigenvalue weighted by Gasteiger charge is 2.04. The van der Waals surface area contributed by atoms with E-state index in [-0.39, 0.29) is 5.82 Å². The van der Waals surface area contributed by atoms with Crippen LogP contribution in [-0.4, -0.2) is 11.2 Å². The highest BCUT2D eigenvalue weighted by molar-refractivity contribution is 14.1. The van der Waals surface area contributed by atoms with Crippen molar-refractivity contribution in [2.24, 2.45) is 0 Å². The van der Waals surface area contributed by atoms with Crippen LogP contribution in [0.4, 0.5) is 4.39 Å². The molecule has 0 spiro atoms. The molecule has 54 valence electrons. The number of rotatable bonds is 1. The minimum Gasteiger partial charge on any atom is -0.247 e. The summed E-state index contributed by atoms with van der Waals surface area (Å²) >= 11 is 3.26. The summed E-state index contributed by atoms with van der Waals surface area (Å²) in [6.07, 6.45) is 3.41. The van der Waals surface area contributed by atoms with Gasteiger partial charge in [0.1, 0.15) is 5.03 Å². The van der Waals surface area contributed by atoms with Crippen molar-refractivity contribution in [2.75, 3.05) is 6.26 Å². The molecular formula is C6H5FINS. The highest BCUT2D eigenvalue weighted by Crippen LogP contribution is 2.19. The zero-order valence-corrected chi connectivity index (χ0v) is 8.24. The van der Waals surface area contributed by atoms with E-state index in [1.165, 1.54) is 11.8 Å². The molecule has 0 radical (unpaired) electrons. The van der Waals surface area contributed by atoms with E-state index in [1.807, 2.05) is 28.8 Å². The molecule has 4 heteroatoms. The predicted octanol–water partition coefficient (Wildman–Crippen LogP) is 2.55. The smallest absolute Gasteiger partial charge is 0.168 e. The second kappa shape index (κ2) is 3.52. The number of halogens is 2. The van der Waals surface area contributed by atoms with Gasteiger partial charge in [-0.05, 0) is 34.9 Å². The van der Waals surface area contributed by atoms with E-state index >= 15 is 0 Å². The number of nitrogens with zero attached hydrogens (tertiary/aromatic N) is 1. The van der Waals surface area contributed by atoms with E-state index in [0.717, 1.165) is 0 Å². The Kier molecular flexibility index (Phi) is 2.91. The Morgan fingerprint density at radius 2 is 2.40 bits per heavy atom. The number of pyridine rings is 1. The van der Waals surface area contributed by atoms with Crippen molar-refractivity contribution >= 4 is 34.4 Å². The molecule has 0 atom stereocenters. The van der Waals surface area contributed by atoms with Crippen LogP contribution in [0.1, 0.15) is 0 Å². The van der Waals surface area contributed by atoms with Crippen molar-refractivity contribution < 1.29 is 4.39 Å². The molecule has 0 bridgehead atoms. The minimum atomic E-state index is -0.212. The quantitative estimate of drug-likeness (QED) is 0.574. The number of aromatic nitrogens is 1. The van der Waals surface area contributed by atoms with Gasteiger partial charge in [0.15, 0.2) is 5.82 Å². The predicted molar refractivity (Wildman–Crippen MR) is 48.7 cm³/mol. The Morgan fingerprint density at radius 1 is 1.70 bits per heavy atom. The molecule has 0 aliphatic rings. The first-order valence-corrected chi connectivity index (χ1v) is 4.90. The zero-order chi connectivity index (χ0) is 7.56. The molecule has 0 N–H and O–H groups in total. The summed E-state index contributed by atoms with van der Waals surface area (Å²) in [6, 6.07) is 1.65. The molecule has 1 aromatic heterocycles. The van der Waals surface area contributed by atoms with Gasteiger partial charge in [0.05, 0.1) is 3.57 Å². The maximum Gasteiger partial charge on any atom is 0.168 e. The van der Waals surface area contributed by atoms with Crippen LogP contribution < -0.4 is 0 Å². The van der Waals surface area contributed by atoms with E-state index in [1.54, 1.807) is 12.3 Å². The average Bonchev–Trinajstić information content (AvgIpc) is 1.95. The molecule has 0 fully saturated rings. The lowest BCUT2D eigenvalue weighted by molar-refractivity contribution is 0.580. The average molecular weight is 269 g/mol. The molecular weight excluding hydrogens is 264 g/mol. The number of hydrogen-bond acceptors (Lipinski definition) is 2. The van der Waals surface area contributed by atoms with Crippen molar-refractivity contribution in [3.63, 3.8) is 0 Å². The molecule has 1 nitrogen and oxygen atoms in total. The third kappa shape index (κ3) is 1.60. The lowest BCUT2D eigenvalue weighted by Gasteiger charge is -1.97. The second-order valence-corrected chi connectivity index (χ2v) is 3.57. The SMILES string of the molecule is CSc1nccc(I)c1F. The lowest BCUT2D eigenvalue weighted by Crippen LogP contribution is -1.88. The van der Waals surface area contributed by atoms with Crippen LogP contribution in [0.15, 0.2) is 17.3 Å². The largest absolute Gasteiger partial charge is 0.247 e. The summed E-state index contributed by atoms with van der Waals surface area (Å²) in [5, 5.41) is 0.465. The monoisotopic (exact) mass is 269 g/mol. The van der Waals surface area contributed by atoms with Gasteiger partial charge in [0.25, 0.3) is 0 Å². The van der Waals surface area contributed by atoms with E-state index < -0.39 is 0 Å². The highest BCUT2D eigenvalue weighted by atomic mass is 127. The third-order valence-corrected chi connectivity index (χ3v) is 2.51. The van der Waals surface area contributed by atoms with Gasteiger partial charge in [-0.2, -0.15) is 0 Å². The Labute approximate surface area is 76.6 Å². The summed E-state index contributed by atoms with van der Waals surface area (Å²) in [6.45, 7) is 0. The van der Waals surface area contributed by atoms with Crippen molar-refractivity contribution in [3.8, 4) is 0 Å². The van der Waals surface area contributed by atoms with E-state index in [0.29, 0.717) is 8.60 Å². The maximum absolute atomic E-state index is 12.9. The van der Waals surface area contributed by atoms with Crippen LogP contribution >= 0.6 is 34.4 Å². The molecule has 1 heterocycles. The zero-order valence-electron chi connectivity index (χ0n) is 5.27. The molecule has 0 aromatic carbocycles. The fraction of sp³-hybridized carbons (Fsp3) is 0.167. The van der Waals surface area contributed by atoms with Gasteiger partial charge in [-0.1, -0.05) is 0 Å². The van der Waals surface area contributed by atoms with Gasteiger partial charge >= 0.3 is 0 Å². The molecule has 0 amide bonds. The molecule has 1 rings (SSSR count). The standard InChI is InChI=1S/C6H5FINS/c1-10-6-5(7)4(8)2-3-9-6/h2-3H,1H3. The Balaban J connectivity index is 3.14. The van der Waals surface area contributed by atoms with Crippen LogP contribution in [0.2, 0.25) is 0 Å². The van der Waals surface area contributed by atoms with E-state index in [4.69, 9.17) is 0 Å². The van der Waals surface area contributed by atoms with Crippen LogP contribution in [0.5, 0.6) is 0 Å². The molecule has 0 unspecified atom stereocenters. The van der Waals surface area contributed by atoms with Gasteiger partial charge in [-0.15, -0.1) is 11.8 Å². The van der Waals surface area contributed by atoms with Crippen LogP contribution in [0.25, 0.3) is 0 Å². The summed E-state index contributed by atoms with van der Waals surface area (Å²) in [5.41, 5.74) is 0. The van der Waals surface area contributed by atoms with E-state index in [2.05, 4.69) is 4.98 Å². The third-order valence-electron chi connectivity index (χ3n) is 1.00. The maximum atomic E-state index is 12.9. The van der Waals surface area contributed by atoms with E-state index in [9.17, 15) is 4.39 Å². The van der Waals surface area contributed by atoms with Crippen molar-refractivity contribution in [1.29, 1.82) is 0 Å². The van der Waals surface area contributed by atoms with Gasteiger partial charge in [0, 0.05) is 6.20 Å². The number of hydrogen-bond donors (Lipinski definition) is 0. The van der Waals surface area contributed by atoms with Gasteiger partial charge in [-0.25, -0.2) is 9.37 Å². The molecule has 0 saturated heterocycles. The first-order valence-electron chi connectivity index (χ1n) is 2.59. The van der Waals surface area contributed by atoms with Gasteiger partial charge in [-0.3, -0.25) is 0 Å². The topological polar surface area (TPSA) is 12.9 Å². The Bertz CT molecular complexity index is 241. The van der Waals surface area contributed by atoms with Crippen LogP contribution in [0.3, 0.4) is 0 Å². The second-order valence-electron chi connectivity index (χ2n) is 1.62. The summed E-state index contributed by atoms with van der Waals surface area (Å²) in [4.78, 5) is 3.84. The fourth-order valence-electron chi connectivity index (χ4n) is 0.545. The summed E-state index contributed by atoms with van der Waals surface area (Å²) in [7, 11) is 0. The van der Waals surface area contributed by atoms with Crippen LogP contribution in [-0.2, 0) is 0 Å². The van der Waals surface area contributed by atoms with Crippen LogP contribution in [0, 0.1) is 9.39 Å². The normalized spacial score (nSPS) is 9.90. The lowest BCUT2D eigenvalue weighted by atomic mass is 10.5. The summed E-state index contributed by atoms with van der Waals surface area (Å²) < 4.78 is 13.5. The first kappa shape index (κ1) is 8.26. The Morgan fingerprint density at radius 3 is 2.90 bits per heavy atom. The molecule has 10 heavy (non-hydrogen) atoms. The fourth-order valence-corrected chi connectivity index (χ4v) is 1.60.